The summed E-state index contributed by atoms with van der Waals surface area (Å²) in [6.07, 6.45) is 2.43. The molecule has 0 N–H and O–H groups in total. The molecular formula is C23H26N2O3S. The van der Waals surface area contributed by atoms with E-state index >= 15 is 0 Å². The van der Waals surface area contributed by atoms with Gasteiger partial charge in [0.15, 0.2) is 5.13 Å². The van der Waals surface area contributed by atoms with E-state index < -0.39 is 0 Å². The zero-order valence-corrected chi connectivity index (χ0v) is 17.7. The van der Waals surface area contributed by atoms with Crippen molar-refractivity contribution in [2.24, 2.45) is 0 Å². The highest BCUT2D eigenvalue weighted by molar-refractivity contribution is 7.22. The van der Waals surface area contributed by atoms with E-state index in [4.69, 9.17) is 14.5 Å². The molecule has 0 bridgehead atoms. The van der Waals surface area contributed by atoms with E-state index in [9.17, 15) is 4.79 Å². The number of carbonyl (C=O) groups excluding carboxylic acids is 1. The van der Waals surface area contributed by atoms with Gasteiger partial charge in [0.2, 0.25) is 5.91 Å². The van der Waals surface area contributed by atoms with Crippen LogP contribution in [0.15, 0.2) is 42.5 Å². The number of hydrogen-bond acceptors (Lipinski definition) is 5. The first kappa shape index (κ1) is 19.9. The Morgan fingerprint density at radius 1 is 1.28 bits per heavy atom. The van der Waals surface area contributed by atoms with Crippen LogP contribution in [0.4, 0.5) is 5.13 Å². The van der Waals surface area contributed by atoms with Crippen LogP contribution in [0.5, 0.6) is 5.75 Å². The van der Waals surface area contributed by atoms with Gasteiger partial charge in [-0.15, -0.1) is 0 Å². The second-order valence-electron chi connectivity index (χ2n) is 7.31. The van der Waals surface area contributed by atoms with Gasteiger partial charge in [0.05, 0.1) is 35.9 Å². The van der Waals surface area contributed by atoms with Gasteiger partial charge in [-0.3, -0.25) is 9.69 Å². The number of fused-ring (bicyclic) bond motifs is 1. The Labute approximate surface area is 175 Å². The molecule has 1 aliphatic heterocycles. The van der Waals surface area contributed by atoms with E-state index in [0.717, 1.165) is 51.7 Å². The molecule has 29 heavy (non-hydrogen) atoms. The number of ether oxygens (including phenoxy) is 2. The van der Waals surface area contributed by atoms with Gasteiger partial charge in [-0.2, -0.15) is 0 Å². The first-order valence-electron chi connectivity index (χ1n) is 10.1. The third-order valence-corrected chi connectivity index (χ3v) is 6.18. The minimum atomic E-state index is 0.0429. The average molecular weight is 411 g/mol. The number of aromatic nitrogens is 1. The van der Waals surface area contributed by atoms with Crippen molar-refractivity contribution >= 4 is 32.6 Å². The standard InChI is InChI=1S/C23H26N2O3S/c1-3-27-18-11-9-17(10-12-18)14-21(26)25(15-19-7-5-13-28-19)23-24-22-16(2)6-4-8-20(22)29-23/h4,6,8-12,19H,3,5,7,13-15H2,1-2H3. The van der Waals surface area contributed by atoms with E-state index in [1.807, 2.05) is 42.2 Å². The van der Waals surface area contributed by atoms with Crippen LogP contribution in [0.2, 0.25) is 0 Å². The Balaban J connectivity index is 1.58. The highest BCUT2D eigenvalue weighted by Crippen LogP contribution is 2.32. The Bertz CT molecular complexity index is 977. The number of hydrogen-bond donors (Lipinski definition) is 0. The van der Waals surface area contributed by atoms with Crippen LogP contribution in [0, 0.1) is 6.92 Å². The van der Waals surface area contributed by atoms with E-state index in [1.54, 1.807) is 11.3 Å². The Morgan fingerprint density at radius 2 is 2.10 bits per heavy atom. The third-order valence-electron chi connectivity index (χ3n) is 5.14. The summed E-state index contributed by atoms with van der Waals surface area (Å²) in [5.41, 5.74) is 3.06. The van der Waals surface area contributed by atoms with Crippen LogP contribution in [0.1, 0.15) is 30.9 Å². The van der Waals surface area contributed by atoms with Crippen LogP contribution in [-0.2, 0) is 16.0 Å². The molecule has 2 aromatic carbocycles. The summed E-state index contributed by atoms with van der Waals surface area (Å²) in [4.78, 5) is 19.9. The molecule has 5 nitrogen and oxygen atoms in total. The smallest absolute Gasteiger partial charge is 0.233 e. The number of nitrogens with zero attached hydrogens (tertiary/aromatic N) is 2. The summed E-state index contributed by atoms with van der Waals surface area (Å²) in [6, 6.07) is 13.9. The average Bonchev–Trinajstić information content (AvgIpc) is 3.38. The molecule has 1 saturated heterocycles. The zero-order valence-electron chi connectivity index (χ0n) is 16.9. The summed E-state index contributed by atoms with van der Waals surface area (Å²) < 4.78 is 12.4. The molecule has 0 spiro atoms. The Kier molecular flexibility index (Phi) is 6.11. The maximum Gasteiger partial charge on any atom is 0.233 e. The minimum Gasteiger partial charge on any atom is -0.494 e. The molecule has 0 aliphatic carbocycles. The van der Waals surface area contributed by atoms with Crippen LogP contribution < -0.4 is 9.64 Å². The molecule has 2 heterocycles. The van der Waals surface area contributed by atoms with E-state index in [0.29, 0.717) is 19.6 Å². The van der Waals surface area contributed by atoms with Crippen molar-refractivity contribution in [3.05, 3.63) is 53.6 Å². The lowest BCUT2D eigenvalue weighted by Gasteiger charge is -2.23. The summed E-state index contributed by atoms with van der Waals surface area (Å²) >= 11 is 1.57. The largest absolute Gasteiger partial charge is 0.494 e. The lowest BCUT2D eigenvalue weighted by Crippen LogP contribution is -2.38. The van der Waals surface area contributed by atoms with Crippen LogP contribution in [0.25, 0.3) is 10.2 Å². The van der Waals surface area contributed by atoms with E-state index in [1.165, 1.54) is 0 Å². The number of thiazole rings is 1. The van der Waals surface area contributed by atoms with Gasteiger partial charge in [-0.25, -0.2) is 4.98 Å². The van der Waals surface area contributed by atoms with Crippen molar-refractivity contribution in [1.29, 1.82) is 0 Å². The molecule has 1 aliphatic rings. The fourth-order valence-corrected chi connectivity index (χ4v) is 4.68. The molecule has 152 valence electrons. The molecule has 1 atom stereocenters. The number of aryl methyl sites for hydroxylation is 1. The third kappa shape index (κ3) is 4.60. The molecule has 3 aromatic rings. The molecule has 1 aromatic heterocycles. The predicted molar refractivity (Wildman–Crippen MR) is 117 cm³/mol. The second-order valence-corrected chi connectivity index (χ2v) is 8.32. The van der Waals surface area contributed by atoms with Crippen LogP contribution >= 0.6 is 11.3 Å². The van der Waals surface area contributed by atoms with Gasteiger partial charge in [0.1, 0.15) is 5.75 Å². The first-order valence-corrected chi connectivity index (χ1v) is 11.0. The van der Waals surface area contributed by atoms with Crippen LogP contribution in [0.3, 0.4) is 0 Å². The summed E-state index contributed by atoms with van der Waals surface area (Å²) in [5.74, 6) is 0.864. The summed E-state index contributed by atoms with van der Waals surface area (Å²) in [5, 5.41) is 0.751. The van der Waals surface area contributed by atoms with Crippen LogP contribution in [-0.4, -0.2) is 36.8 Å². The van der Waals surface area contributed by atoms with Crippen molar-refractivity contribution in [3.63, 3.8) is 0 Å². The van der Waals surface area contributed by atoms with Gasteiger partial charge < -0.3 is 9.47 Å². The number of rotatable bonds is 7. The van der Waals surface area contributed by atoms with Crippen molar-refractivity contribution < 1.29 is 14.3 Å². The maximum absolute atomic E-state index is 13.3. The summed E-state index contributed by atoms with van der Waals surface area (Å²) in [6.45, 7) is 5.96. The Hall–Kier alpha value is -2.44. The minimum absolute atomic E-state index is 0.0429. The SMILES string of the molecule is CCOc1ccc(CC(=O)N(CC2CCCO2)c2nc3c(C)cccc3s2)cc1. The number of amides is 1. The quantitative estimate of drug-likeness (QED) is 0.564. The molecular weight excluding hydrogens is 384 g/mol. The number of para-hydroxylation sites is 1. The maximum atomic E-state index is 13.3. The van der Waals surface area contributed by atoms with E-state index in [2.05, 4.69) is 19.1 Å². The molecule has 0 radical (unpaired) electrons. The van der Waals surface area contributed by atoms with Gasteiger partial charge in [0, 0.05) is 6.61 Å². The van der Waals surface area contributed by atoms with Gasteiger partial charge in [-0.05, 0) is 56.0 Å². The summed E-state index contributed by atoms with van der Waals surface area (Å²) in [7, 11) is 0. The highest BCUT2D eigenvalue weighted by atomic mass is 32.1. The van der Waals surface area contributed by atoms with Gasteiger partial charge in [-0.1, -0.05) is 35.6 Å². The number of carbonyl (C=O) groups is 1. The molecule has 1 amide bonds. The fraction of sp³-hybridized carbons (Fsp3) is 0.391. The number of anilines is 1. The lowest BCUT2D eigenvalue weighted by molar-refractivity contribution is -0.118. The van der Waals surface area contributed by atoms with Crippen molar-refractivity contribution in [2.75, 3.05) is 24.7 Å². The van der Waals surface area contributed by atoms with Crippen molar-refractivity contribution in [1.82, 2.24) is 4.98 Å². The molecule has 1 fully saturated rings. The van der Waals surface area contributed by atoms with Gasteiger partial charge in [0.25, 0.3) is 0 Å². The predicted octanol–water partition coefficient (Wildman–Crippen LogP) is 4.76. The highest BCUT2D eigenvalue weighted by Gasteiger charge is 2.26. The Morgan fingerprint density at radius 3 is 2.79 bits per heavy atom. The fourth-order valence-electron chi connectivity index (χ4n) is 3.61. The van der Waals surface area contributed by atoms with Crippen molar-refractivity contribution in [3.8, 4) is 5.75 Å². The van der Waals surface area contributed by atoms with Crippen molar-refractivity contribution in [2.45, 2.75) is 39.2 Å². The monoisotopic (exact) mass is 410 g/mol. The topological polar surface area (TPSA) is 51.7 Å². The molecule has 1 unspecified atom stereocenters. The second kappa shape index (κ2) is 8.93. The molecule has 0 saturated carbocycles. The molecule has 6 heteroatoms. The normalized spacial score (nSPS) is 16.3. The zero-order chi connectivity index (χ0) is 20.2. The first-order chi connectivity index (χ1) is 14.1. The molecule has 4 rings (SSSR count). The van der Waals surface area contributed by atoms with E-state index in [-0.39, 0.29) is 12.0 Å². The number of benzene rings is 2. The lowest BCUT2D eigenvalue weighted by atomic mass is 10.1. The van der Waals surface area contributed by atoms with Gasteiger partial charge >= 0.3 is 0 Å².